The summed E-state index contributed by atoms with van der Waals surface area (Å²) in [6, 6.07) is 2.72. The highest BCUT2D eigenvalue weighted by molar-refractivity contribution is 5.93. The van der Waals surface area contributed by atoms with E-state index in [1.807, 2.05) is 0 Å². The first kappa shape index (κ1) is 13.4. The van der Waals surface area contributed by atoms with E-state index >= 15 is 0 Å². The number of nitrogens with zero attached hydrogens (tertiary/aromatic N) is 1. The molecule has 3 rings (SSSR count). The Hall–Kier alpha value is -1.62. The Balaban J connectivity index is 1.68. The summed E-state index contributed by atoms with van der Waals surface area (Å²) in [5.41, 5.74) is -0.0223. The van der Waals surface area contributed by atoms with Crippen molar-refractivity contribution >= 4 is 5.91 Å². The van der Waals surface area contributed by atoms with Crippen LogP contribution in [0.4, 0.5) is 0 Å². The molecule has 2 saturated heterocycles. The average molecular weight is 275 g/mol. The fraction of sp³-hybridized carbons (Fsp3) is 0.600. The summed E-state index contributed by atoms with van der Waals surface area (Å²) in [4.78, 5) is 29.1. The summed E-state index contributed by atoms with van der Waals surface area (Å²) in [7, 11) is 2.19. The first-order valence-electron chi connectivity index (χ1n) is 7.35. The van der Waals surface area contributed by atoms with Crippen LogP contribution in [0.3, 0.4) is 0 Å². The molecule has 5 nitrogen and oxygen atoms in total. The van der Waals surface area contributed by atoms with Gasteiger partial charge in [-0.2, -0.15) is 0 Å². The van der Waals surface area contributed by atoms with Gasteiger partial charge in [-0.15, -0.1) is 0 Å². The molecule has 108 valence electrons. The van der Waals surface area contributed by atoms with Crippen LogP contribution in [-0.4, -0.2) is 41.0 Å². The number of pyridine rings is 1. The number of fused-ring (bicyclic) bond motifs is 2. The molecule has 2 aliphatic rings. The van der Waals surface area contributed by atoms with Crippen molar-refractivity contribution in [3.63, 3.8) is 0 Å². The normalized spacial score (nSPS) is 29.9. The lowest BCUT2D eigenvalue weighted by Gasteiger charge is -2.47. The first-order chi connectivity index (χ1) is 9.65. The molecule has 3 heterocycles. The van der Waals surface area contributed by atoms with E-state index in [0.717, 1.165) is 12.8 Å². The lowest BCUT2D eigenvalue weighted by Crippen LogP contribution is -2.55. The number of rotatable bonds is 2. The third-order valence-electron chi connectivity index (χ3n) is 4.74. The van der Waals surface area contributed by atoms with Gasteiger partial charge in [0.2, 0.25) is 0 Å². The van der Waals surface area contributed by atoms with Gasteiger partial charge in [-0.1, -0.05) is 6.42 Å². The molecule has 5 heteroatoms. The van der Waals surface area contributed by atoms with Gasteiger partial charge >= 0.3 is 0 Å². The molecule has 2 fully saturated rings. The first-order valence-corrected chi connectivity index (χ1v) is 7.35. The van der Waals surface area contributed by atoms with Crippen molar-refractivity contribution in [1.82, 2.24) is 15.2 Å². The van der Waals surface area contributed by atoms with Crippen LogP contribution in [0.25, 0.3) is 0 Å². The average Bonchev–Trinajstić information content (AvgIpc) is 2.40. The van der Waals surface area contributed by atoms with Crippen LogP contribution >= 0.6 is 0 Å². The molecular weight excluding hydrogens is 254 g/mol. The van der Waals surface area contributed by atoms with Crippen molar-refractivity contribution in [2.24, 2.45) is 0 Å². The monoisotopic (exact) mass is 275 g/mol. The highest BCUT2D eigenvalue weighted by Gasteiger charge is 2.36. The molecule has 20 heavy (non-hydrogen) atoms. The van der Waals surface area contributed by atoms with Crippen molar-refractivity contribution in [2.45, 2.75) is 50.2 Å². The number of aromatic nitrogens is 1. The number of carbonyl (C=O) groups is 1. The Labute approximate surface area is 118 Å². The van der Waals surface area contributed by atoms with Crippen molar-refractivity contribution in [1.29, 1.82) is 0 Å². The summed E-state index contributed by atoms with van der Waals surface area (Å²) >= 11 is 0. The topological polar surface area (TPSA) is 65.2 Å². The number of piperidine rings is 2. The number of hydrogen-bond donors (Lipinski definition) is 2. The van der Waals surface area contributed by atoms with Gasteiger partial charge in [-0.3, -0.25) is 9.59 Å². The van der Waals surface area contributed by atoms with Gasteiger partial charge in [0.1, 0.15) is 5.56 Å². The summed E-state index contributed by atoms with van der Waals surface area (Å²) in [6.45, 7) is 0. The molecule has 2 N–H and O–H groups in total. The number of amides is 1. The number of H-pyrrole nitrogens is 1. The van der Waals surface area contributed by atoms with Crippen molar-refractivity contribution in [3.8, 4) is 0 Å². The second-order valence-electron chi connectivity index (χ2n) is 5.97. The van der Waals surface area contributed by atoms with E-state index in [4.69, 9.17) is 0 Å². The Bertz CT molecular complexity index is 540. The number of aromatic amines is 1. The van der Waals surface area contributed by atoms with Crippen molar-refractivity contribution in [2.75, 3.05) is 7.05 Å². The fourth-order valence-corrected chi connectivity index (χ4v) is 3.59. The zero-order chi connectivity index (χ0) is 14.1. The molecule has 1 amide bonds. The molecule has 2 unspecified atom stereocenters. The van der Waals surface area contributed by atoms with Gasteiger partial charge in [0.25, 0.3) is 5.91 Å². The second-order valence-corrected chi connectivity index (χ2v) is 5.97. The van der Waals surface area contributed by atoms with Gasteiger partial charge in [0.05, 0.1) is 0 Å². The molecule has 0 saturated carbocycles. The van der Waals surface area contributed by atoms with E-state index < -0.39 is 0 Å². The second kappa shape index (κ2) is 5.40. The van der Waals surface area contributed by atoms with Gasteiger partial charge < -0.3 is 15.2 Å². The fourth-order valence-electron chi connectivity index (χ4n) is 3.59. The number of nitrogens with one attached hydrogen (secondary N) is 2. The van der Waals surface area contributed by atoms with Gasteiger partial charge in [0.15, 0.2) is 5.43 Å². The van der Waals surface area contributed by atoms with Crippen LogP contribution in [0.1, 0.15) is 42.5 Å². The molecular formula is C15H21N3O2. The predicted octanol–water partition coefficient (Wildman–Crippen LogP) is 1.12. The standard InChI is InChI=1S/C15H21N3O2/c1-18-11-3-2-4-12(18)8-10(7-11)17-15(20)13-9-16-6-5-14(13)19/h5-6,9-12H,2-4,7-8H2,1H3,(H,16,19)(H,17,20). The lowest BCUT2D eigenvalue weighted by molar-refractivity contribution is 0.0462. The van der Waals surface area contributed by atoms with Crippen molar-refractivity contribution < 1.29 is 4.79 Å². The Morgan fingerprint density at radius 1 is 1.35 bits per heavy atom. The summed E-state index contributed by atoms with van der Waals surface area (Å²) in [5.74, 6) is -0.250. The van der Waals surface area contributed by atoms with Gasteiger partial charge in [-0.25, -0.2) is 0 Å². The van der Waals surface area contributed by atoms with E-state index in [1.54, 1.807) is 6.20 Å². The molecule has 1 aromatic heterocycles. The minimum Gasteiger partial charge on any atom is -0.367 e. The van der Waals surface area contributed by atoms with E-state index in [9.17, 15) is 9.59 Å². The third kappa shape index (κ3) is 2.50. The van der Waals surface area contributed by atoms with Gasteiger partial charge in [-0.05, 0) is 32.7 Å². The number of carbonyl (C=O) groups excluding carboxylic acids is 1. The number of hydrogen-bond acceptors (Lipinski definition) is 3. The van der Waals surface area contributed by atoms with E-state index in [1.165, 1.54) is 31.5 Å². The van der Waals surface area contributed by atoms with Gasteiger partial charge in [0, 0.05) is 36.6 Å². The molecule has 1 aromatic rings. The zero-order valence-corrected chi connectivity index (χ0v) is 11.8. The quantitative estimate of drug-likeness (QED) is 0.850. The Morgan fingerprint density at radius 2 is 2.05 bits per heavy atom. The molecule has 0 spiro atoms. The smallest absolute Gasteiger partial charge is 0.256 e. The summed E-state index contributed by atoms with van der Waals surface area (Å²) in [6.07, 6.45) is 8.72. The highest BCUT2D eigenvalue weighted by atomic mass is 16.2. The minimum atomic E-state index is -0.250. The maximum Gasteiger partial charge on any atom is 0.256 e. The summed E-state index contributed by atoms with van der Waals surface area (Å²) < 4.78 is 0. The van der Waals surface area contributed by atoms with Crippen LogP contribution in [0.2, 0.25) is 0 Å². The van der Waals surface area contributed by atoms with Crippen LogP contribution < -0.4 is 10.7 Å². The lowest BCUT2D eigenvalue weighted by atomic mass is 9.82. The van der Waals surface area contributed by atoms with Crippen molar-refractivity contribution in [3.05, 3.63) is 34.2 Å². The molecule has 2 bridgehead atoms. The predicted molar refractivity (Wildman–Crippen MR) is 76.7 cm³/mol. The van der Waals surface area contributed by atoms with E-state index in [2.05, 4.69) is 22.2 Å². The molecule has 2 atom stereocenters. The maximum atomic E-state index is 12.2. The third-order valence-corrected chi connectivity index (χ3v) is 4.74. The SMILES string of the molecule is CN1C2CCCC1CC(NC(=O)c1c[nH]ccc1=O)C2. The van der Waals surface area contributed by atoms with Crippen LogP contribution in [0, 0.1) is 0 Å². The maximum absolute atomic E-state index is 12.2. The van der Waals surface area contributed by atoms with Crippen LogP contribution in [0.15, 0.2) is 23.3 Å². The minimum absolute atomic E-state index is 0.189. The largest absolute Gasteiger partial charge is 0.367 e. The van der Waals surface area contributed by atoms with Crippen LogP contribution in [-0.2, 0) is 0 Å². The zero-order valence-electron chi connectivity index (χ0n) is 11.8. The summed E-state index contributed by atoms with van der Waals surface area (Å²) in [5, 5.41) is 3.04. The Kier molecular flexibility index (Phi) is 3.61. The van der Waals surface area contributed by atoms with E-state index in [0.29, 0.717) is 12.1 Å². The Morgan fingerprint density at radius 3 is 2.70 bits per heavy atom. The molecule has 0 aliphatic carbocycles. The molecule has 0 radical (unpaired) electrons. The molecule has 2 aliphatic heterocycles. The molecule has 0 aromatic carbocycles. The highest BCUT2D eigenvalue weighted by Crippen LogP contribution is 2.32. The van der Waals surface area contributed by atoms with E-state index in [-0.39, 0.29) is 22.9 Å². The van der Waals surface area contributed by atoms with Crippen LogP contribution in [0.5, 0.6) is 0 Å².